The first kappa shape index (κ1) is 30.5. The van der Waals surface area contributed by atoms with Crippen molar-refractivity contribution in [1.29, 1.82) is 0 Å². The summed E-state index contributed by atoms with van der Waals surface area (Å²) in [5.74, 6) is -2.96. The third kappa shape index (κ3) is 3.41. The lowest BCUT2D eigenvalue weighted by Gasteiger charge is -2.69. The van der Waals surface area contributed by atoms with Crippen LogP contribution in [0, 0.1) is 34.5 Å². The summed E-state index contributed by atoms with van der Waals surface area (Å²) in [6.07, 6.45) is -2.66. The number of nitrogens with zero attached hydrogens (tertiary/aromatic N) is 1. The van der Waals surface area contributed by atoms with E-state index in [2.05, 4.69) is 11.9 Å². The first-order valence-corrected chi connectivity index (χ1v) is 15.7. The van der Waals surface area contributed by atoms with Crippen molar-refractivity contribution in [3.8, 4) is 0 Å². The van der Waals surface area contributed by atoms with Gasteiger partial charge in [-0.05, 0) is 44.4 Å². The maximum absolute atomic E-state index is 13.7. The molecular formula is C33H45NO10. The molecule has 6 fully saturated rings. The Morgan fingerprint density at radius 2 is 1.75 bits per heavy atom. The van der Waals surface area contributed by atoms with Crippen molar-refractivity contribution in [1.82, 2.24) is 4.90 Å². The Balaban J connectivity index is 1.51. The second kappa shape index (κ2) is 10.2. The van der Waals surface area contributed by atoms with Crippen LogP contribution in [-0.2, 0) is 33.2 Å². The number of hydrogen-bond acceptors (Lipinski definition) is 11. The Morgan fingerprint density at radius 3 is 2.36 bits per heavy atom. The lowest BCUT2D eigenvalue weighted by atomic mass is 9.43. The van der Waals surface area contributed by atoms with E-state index in [9.17, 15) is 19.8 Å². The number of ether oxygens (including phenoxy) is 6. The number of likely N-dealkylation sites (tertiary alicyclic amines) is 1. The van der Waals surface area contributed by atoms with Crippen LogP contribution in [0.15, 0.2) is 30.3 Å². The zero-order valence-corrected chi connectivity index (χ0v) is 26.3. The fourth-order valence-corrected chi connectivity index (χ4v) is 12.3. The summed E-state index contributed by atoms with van der Waals surface area (Å²) in [6.45, 7) is 2.56. The van der Waals surface area contributed by atoms with E-state index in [1.807, 2.05) is 6.07 Å². The van der Waals surface area contributed by atoms with Crippen molar-refractivity contribution in [3.63, 3.8) is 0 Å². The molecule has 6 aliphatic rings. The van der Waals surface area contributed by atoms with Gasteiger partial charge in [0.25, 0.3) is 0 Å². The number of benzene rings is 1. The minimum Gasteiger partial charge on any atom is -0.455 e. The molecule has 7 bridgehead atoms. The molecule has 1 saturated heterocycles. The molecule has 11 heteroatoms. The van der Waals surface area contributed by atoms with E-state index in [1.165, 1.54) is 14.0 Å². The molecule has 5 aliphatic carbocycles. The van der Waals surface area contributed by atoms with Gasteiger partial charge >= 0.3 is 11.9 Å². The molecule has 7 rings (SSSR count). The number of aliphatic hydroxyl groups excluding tert-OH is 1. The van der Waals surface area contributed by atoms with E-state index in [0.717, 1.165) is 19.4 Å². The highest BCUT2D eigenvalue weighted by atomic mass is 16.6. The largest absolute Gasteiger partial charge is 0.455 e. The van der Waals surface area contributed by atoms with Crippen LogP contribution in [0.25, 0.3) is 0 Å². The van der Waals surface area contributed by atoms with Gasteiger partial charge in [0.1, 0.15) is 23.9 Å². The van der Waals surface area contributed by atoms with E-state index in [0.29, 0.717) is 12.2 Å². The third-order valence-corrected chi connectivity index (χ3v) is 12.8. The second-order valence-electron chi connectivity index (χ2n) is 14.2. The summed E-state index contributed by atoms with van der Waals surface area (Å²) >= 11 is 0. The summed E-state index contributed by atoms with van der Waals surface area (Å²) < 4.78 is 37.5. The van der Waals surface area contributed by atoms with Crippen LogP contribution in [-0.4, -0.2) is 123 Å². The number of methoxy groups -OCH3 is 4. The maximum Gasteiger partial charge on any atom is 0.338 e. The van der Waals surface area contributed by atoms with Crippen LogP contribution in [0.1, 0.15) is 36.5 Å². The number of aliphatic hydroxyl groups is 2. The predicted molar refractivity (Wildman–Crippen MR) is 154 cm³/mol. The molecule has 1 aliphatic heterocycles. The lowest BCUT2D eigenvalue weighted by molar-refractivity contribution is -0.316. The Labute approximate surface area is 258 Å². The van der Waals surface area contributed by atoms with Crippen molar-refractivity contribution in [2.24, 2.45) is 34.5 Å². The molecule has 0 amide bonds. The van der Waals surface area contributed by atoms with Crippen LogP contribution in [0.5, 0.6) is 0 Å². The summed E-state index contributed by atoms with van der Waals surface area (Å²) in [4.78, 5) is 29.2. The summed E-state index contributed by atoms with van der Waals surface area (Å²) in [5, 5.41) is 25.1. The van der Waals surface area contributed by atoms with Crippen molar-refractivity contribution in [3.05, 3.63) is 35.9 Å². The van der Waals surface area contributed by atoms with Crippen LogP contribution in [0.2, 0.25) is 0 Å². The molecule has 0 radical (unpaired) electrons. The van der Waals surface area contributed by atoms with Gasteiger partial charge in [-0.1, -0.05) is 18.2 Å². The standard InChI is InChI=1S/C33H45NO10/c1-17(35)44-33-21-19(14-31(38,28(42-6)26(33)36)27(21)43-29(37)18-10-8-7-9-11-18)32-20(40-4)12-13-30(16-39-3)15-34(2)25(32)22(33)23(41-5)24(30)32/h7-11,19-28,36,38H,12-16H2,1-6H3/t19?,20-,21-,22-,23-,24+,25?,26-,27?,28+,30-,31-,32-,33+/m0/s1. The van der Waals surface area contributed by atoms with E-state index >= 15 is 0 Å². The molecule has 14 atom stereocenters. The quantitative estimate of drug-likeness (QED) is 0.410. The molecule has 2 N–H and O–H groups in total. The molecule has 1 aromatic carbocycles. The van der Waals surface area contributed by atoms with Gasteiger partial charge in [0.2, 0.25) is 0 Å². The van der Waals surface area contributed by atoms with Gasteiger partial charge in [0, 0.05) is 76.5 Å². The topological polar surface area (TPSA) is 133 Å². The van der Waals surface area contributed by atoms with Gasteiger partial charge < -0.3 is 43.5 Å². The fraction of sp³-hybridized carbons (Fsp3) is 0.758. The molecule has 0 aromatic heterocycles. The van der Waals surface area contributed by atoms with Crippen molar-refractivity contribution >= 4 is 11.9 Å². The van der Waals surface area contributed by atoms with Crippen LogP contribution in [0.4, 0.5) is 0 Å². The zero-order chi connectivity index (χ0) is 31.4. The molecule has 1 heterocycles. The molecule has 1 spiro atoms. The number of carbonyl (C=O) groups is 2. The molecular weight excluding hydrogens is 570 g/mol. The predicted octanol–water partition coefficient (Wildman–Crippen LogP) is 1.29. The van der Waals surface area contributed by atoms with Gasteiger partial charge in [0.05, 0.1) is 24.4 Å². The Hall–Kier alpha value is -2.12. The monoisotopic (exact) mass is 615 g/mol. The van der Waals surface area contributed by atoms with Crippen molar-refractivity contribution < 1.29 is 48.2 Å². The average Bonchev–Trinajstić information content (AvgIpc) is 3.39. The molecule has 1 aromatic rings. The fourth-order valence-electron chi connectivity index (χ4n) is 12.3. The van der Waals surface area contributed by atoms with E-state index in [4.69, 9.17) is 28.4 Å². The van der Waals surface area contributed by atoms with E-state index in [-0.39, 0.29) is 35.8 Å². The van der Waals surface area contributed by atoms with Crippen molar-refractivity contribution in [2.45, 2.75) is 73.9 Å². The number of esters is 2. The first-order valence-electron chi connectivity index (χ1n) is 15.7. The summed E-state index contributed by atoms with van der Waals surface area (Å²) in [7, 11) is 8.63. The number of fused-ring (bicyclic) bond motifs is 2. The van der Waals surface area contributed by atoms with Crippen molar-refractivity contribution in [2.75, 3.05) is 48.6 Å². The van der Waals surface area contributed by atoms with Gasteiger partial charge in [-0.25, -0.2) is 4.79 Å². The maximum atomic E-state index is 13.7. The smallest absolute Gasteiger partial charge is 0.338 e. The number of hydrogen-bond donors (Lipinski definition) is 2. The Kier molecular flexibility index (Phi) is 7.07. The molecule has 242 valence electrons. The highest BCUT2D eigenvalue weighted by molar-refractivity contribution is 5.89. The van der Waals surface area contributed by atoms with Gasteiger partial charge in [-0.2, -0.15) is 0 Å². The third-order valence-electron chi connectivity index (χ3n) is 12.8. The lowest BCUT2D eigenvalue weighted by Crippen LogP contribution is -2.80. The van der Waals surface area contributed by atoms with E-state index < -0.39 is 64.8 Å². The van der Waals surface area contributed by atoms with Gasteiger partial charge in [-0.15, -0.1) is 0 Å². The normalized spacial score (nSPS) is 49.9. The van der Waals surface area contributed by atoms with Crippen LogP contribution in [0.3, 0.4) is 0 Å². The number of rotatable bonds is 8. The summed E-state index contributed by atoms with van der Waals surface area (Å²) in [6, 6.07) is 8.39. The number of piperidine rings is 1. The highest BCUT2D eigenvalue weighted by Crippen LogP contribution is 2.80. The summed E-state index contributed by atoms with van der Waals surface area (Å²) in [5.41, 5.74) is -3.93. The molecule has 3 unspecified atom stereocenters. The molecule has 5 saturated carbocycles. The van der Waals surface area contributed by atoms with Crippen LogP contribution >= 0.6 is 0 Å². The van der Waals surface area contributed by atoms with E-state index in [1.54, 1.807) is 45.6 Å². The minimum absolute atomic E-state index is 0.103. The average molecular weight is 616 g/mol. The SMILES string of the molecule is COC[C@]12CC[C@H](OC)[C@]34C5C[C@]6(O)C(OC(=O)c7ccccc7)[C@H]5[C@@](OC(C)=O)([C@H](C3N(C)C1)[C@H](OC)[C@H]24)[C@@H](O)[C@H]6OC. The molecule has 11 nitrogen and oxygen atoms in total. The minimum atomic E-state index is -1.76. The second-order valence-corrected chi connectivity index (χ2v) is 14.2. The highest BCUT2D eigenvalue weighted by Gasteiger charge is 2.91. The molecule has 44 heavy (non-hydrogen) atoms. The zero-order valence-electron chi connectivity index (χ0n) is 26.3. The number of carbonyl (C=O) groups excluding carboxylic acids is 2. The Morgan fingerprint density at radius 1 is 1.02 bits per heavy atom. The van der Waals surface area contributed by atoms with Gasteiger partial charge in [0.15, 0.2) is 5.60 Å². The van der Waals surface area contributed by atoms with Gasteiger partial charge in [-0.3, -0.25) is 4.79 Å². The Bertz CT molecular complexity index is 1310. The van der Waals surface area contributed by atoms with Crippen LogP contribution < -0.4 is 0 Å². The first-order chi connectivity index (χ1) is 21.0.